The van der Waals surface area contributed by atoms with E-state index in [4.69, 9.17) is 50.5 Å². The first-order valence-electron chi connectivity index (χ1n) is 15.3. The van der Waals surface area contributed by atoms with Crippen LogP contribution >= 0.6 is 11.6 Å². The van der Waals surface area contributed by atoms with Crippen LogP contribution < -0.4 is 21.1 Å². The predicted octanol–water partition coefficient (Wildman–Crippen LogP) is 1.20. The van der Waals surface area contributed by atoms with Crippen LogP contribution in [0.1, 0.15) is 39.5 Å². The van der Waals surface area contributed by atoms with Gasteiger partial charge in [0.2, 0.25) is 0 Å². The predicted molar refractivity (Wildman–Crippen MR) is 164 cm³/mol. The van der Waals surface area contributed by atoms with Gasteiger partial charge in [0.25, 0.3) is 5.91 Å². The number of carbonyl (C=O) groups excluding carboxylic acids is 1. The number of aliphatic hydroxyl groups is 1. The van der Waals surface area contributed by atoms with Crippen molar-refractivity contribution in [2.24, 2.45) is 5.73 Å². The van der Waals surface area contributed by atoms with Crippen molar-refractivity contribution < 1.29 is 43.1 Å². The van der Waals surface area contributed by atoms with Crippen molar-refractivity contribution in [3.05, 3.63) is 41.4 Å². The molecule has 0 saturated carbocycles. The van der Waals surface area contributed by atoms with Gasteiger partial charge in [0.05, 0.1) is 12.4 Å². The van der Waals surface area contributed by atoms with E-state index in [1.165, 1.54) is 24.3 Å². The minimum absolute atomic E-state index is 0.146. The third-order valence-electron chi connectivity index (χ3n) is 8.58. The van der Waals surface area contributed by atoms with E-state index in [0.29, 0.717) is 27.8 Å². The van der Waals surface area contributed by atoms with Gasteiger partial charge in [-0.3, -0.25) is 9.36 Å². The van der Waals surface area contributed by atoms with Gasteiger partial charge in [0.1, 0.15) is 49.2 Å². The van der Waals surface area contributed by atoms with Gasteiger partial charge in [-0.05, 0) is 45.9 Å². The molecule has 3 aromatic rings. The van der Waals surface area contributed by atoms with Crippen molar-refractivity contribution in [3.8, 4) is 5.75 Å². The lowest BCUT2D eigenvalue weighted by atomic mass is 9.99. The first-order chi connectivity index (χ1) is 22.3. The number of nitrogens with one attached hydrogen (secondary N) is 2. The molecule has 7 rings (SSSR count). The highest BCUT2D eigenvalue weighted by Gasteiger charge is 2.60. The first kappa shape index (κ1) is 32.4. The molecule has 2 aromatic heterocycles. The van der Waals surface area contributed by atoms with Crippen LogP contribution in [-0.4, -0.2) is 105 Å². The third-order valence-corrected chi connectivity index (χ3v) is 8.82. The zero-order valence-corrected chi connectivity index (χ0v) is 27.2. The van der Waals surface area contributed by atoms with Crippen LogP contribution in [0.5, 0.6) is 5.75 Å². The van der Waals surface area contributed by atoms with Gasteiger partial charge in [-0.25, -0.2) is 15.0 Å². The summed E-state index contributed by atoms with van der Waals surface area (Å²) in [6, 6.07) is 4.38. The van der Waals surface area contributed by atoms with Crippen LogP contribution in [0.4, 0.5) is 5.82 Å². The molecule has 6 heterocycles. The van der Waals surface area contributed by atoms with Crippen molar-refractivity contribution in [2.75, 3.05) is 19.0 Å². The molecule has 0 aliphatic carbocycles. The fourth-order valence-corrected chi connectivity index (χ4v) is 6.67. The average molecular weight is 676 g/mol. The summed E-state index contributed by atoms with van der Waals surface area (Å²) in [5, 5.41) is 17.1. The fourth-order valence-electron chi connectivity index (χ4n) is 6.47. The smallest absolute Gasteiger partial charge is 0.250 e. The Balaban J connectivity index is 1.07. The van der Waals surface area contributed by atoms with Gasteiger partial charge in [0, 0.05) is 24.2 Å². The summed E-state index contributed by atoms with van der Waals surface area (Å²) in [6.07, 6.45) is -2.77. The number of hydrogen-bond donors (Lipinski definition) is 4. The summed E-state index contributed by atoms with van der Waals surface area (Å²) in [7, 11) is 1.47. The number of likely N-dealkylation sites (N-methyl/N-ethyl adjacent to an activating group) is 1. The summed E-state index contributed by atoms with van der Waals surface area (Å²) in [5.74, 6) is -1.10. The standard InChI is InChI=1S/C30H38ClN7O9/c1-29(2)44-20-16(42-28-23(22(20)45-29)46-30(3,4)47-28)10-41-15-7-6-14(31)8-13(15)9-34-24-18-25(36-11-35-24)38(12-37-18)27-19(39)17(32)21(43-27)26(40)33-5/h6-8,11-12,16-17,19-23,27-28,39H,9-10,32H2,1-5H3,(H,33,40)(H,34,35,36)/t16?,17-,19+,20?,21-,22?,23?,27+,28?/m0/s1. The molecule has 17 heteroatoms. The van der Waals surface area contributed by atoms with Crippen LogP contribution in [0.25, 0.3) is 11.2 Å². The molecule has 4 fully saturated rings. The Labute approximate surface area is 275 Å². The van der Waals surface area contributed by atoms with Gasteiger partial charge in [-0.1, -0.05) is 11.6 Å². The Kier molecular flexibility index (Phi) is 8.30. The molecule has 0 bridgehead atoms. The van der Waals surface area contributed by atoms with E-state index < -0.39 is 72.7 Å². The number of benzene rings is 1. The lowest BCUT2D eigenvalue weighted by Crippen LogP contribution is -2.56. The van der Waals surface area contributed by atoms with E-state index in [9.17, 15) is 9.90 Å². The fraction of sp³-hybridized carbons (Fsp3) is 0.600. The Morgan fingerprint density at radius 1 is 1.06 bits per heavy atom. The SMILES string of the molecule is CNC(=O)[C@H]1O[C@@H](n2cnc3c(NCc4cc(Cl)ccc4OCC4OC5OC(C)(C)OC5C5OC(C)(C)OC45)ncnc32)[C@H](O)[C@@H]1N. The molecule has 4 aliphatic rings. The zero-order chi connectivity index (χ0) is 33.2. The summed E-state index contributed by atoms with van der Waals surface area (Å²) in [4.78, 5) is 25.4. The molecule has 4 aliphatic heterocycles. The van der Waals surface area contributed by atoms with E-state index in [-0.39, 0.29) is 13.2 Å². The maximum Gasteiger partial charge on any atom is 0.250 e. The molecule has 5 N–H and O–H groups in total. The van der Waals surface area contributed by atoms with E-state index in [0.717, 1.165) is 5.56 Å². The number of carbonyl (C=O) groups is 1. The highest BCUT2D eigenvalue weighted by molar-refractivity contribution is 6.30. The lowest BCUT2D eigenvalue weighted by Gasteiger charge is -2.37. The molecular weight excluding hydrogens is 638 g/mol. The van der Waals surface area contributed by atoms with Crippen molar-refractivity contribution in [1.82, 2.24) is 24.8 Å². The number of fused-ring (bicyclic) bond motifs is 4. The number of nitrogens with zero attached hydrogens (tertiary/aromatic N) is 4. The highest BCUT2D eigenvalue weighted by atomic mass is 35.5. The Morgan fingerprint density at radius 3 is 2.60 bits per heavy atom. The largest absolute Gasteiger partial charge is 0.490 e. The first-order valence-corrected chi connectivity index (χ1v) is 15.7. The van der Waals surface area contributed by atoms with Gasteiger partial charge < -0.3 is 54.6 Å². The molecule has 5 unspecified atom stereocenters. The van der Waals surface area contributed by atoms with Gasteiger partial charge in [-0.2, -0.15) is 0 Å². The number of ether oxygens (including phenoxy) is 7. The number of aliphatic hydroxyl groups excluding tert-OH is 1. The van der Waals surface area contributed by atoms with Crippen molar-refractivity contribution >= 4 is 34.5 Å². The number of hydrogen-bond acceptors (Lipinski definition) is 14. The molecule has 16 nitrogen and oxygen atoms in total. The summed E-state index contributed by atoms with van der Waals surface area (Å²) in [6.45, 7) is 7.80. The number of halogens is 1. The number of imidazole rings is 1. The summed E-state index contributed by atoms with van der Waals surface area (Å²) in [5.41, 5.74) is 7.62. The molecule has 0 spiro atoms. The Hall–Kier alpha value is -3.19. The van der Waals surface area contributed by atoms with Gasteiger partial charge >= 0.3 is 0 Å². The second kappa shape index (κ2) is 12.0. The third kappa shape index (κ3) is 6.02. The number of aromatic nitrogens is 4. The molecule has 47 heavy (non-hydrogen) atoms. The zero-order valence-electron chi connectivity index (χ0n) is 26.5. The molecule has 254 valence electrons. The van der Waals surface area contributed by atoms with Crippen molar-refractivity contribution in [2.45, 2.75) is 101 Å². The number of rotatable bonds is 8. The van der Waals surface area contributed by atoms with Crippen LogP contribution in [0.2, 0.25) is 5.02 Å². The van der Waals surface area contributed by atoms with Crippen LogP contribution in [0, 0.1) is 0 Å². The van der Waals surface area contributed by atoms with Crippen LogP contribution in [0.3, 0.4) is 0 Å². The molecule has 1 amide bonds. The molecular formula is C30H38ClN7O9. The van der Waals surface area contributed by atoms with E-state index >= 15 is 0 Å². The topological polar surface area (TPSA) is 196 Å². The number of anilines is 1. The van der Waals surface area contributed by atoms with Crippen molar-refractivity contribution in [3.63, 3.8) is 0 Å². The minimum atomic E-state index is -1.17. The van der Waals surface area contributed by atoms with E-state index in [1.54, 1.807) is 18.2 Å². The average Bonchev–Trinajstić information content (AvgIpc) is 3.76. The minimum Gasteiger partial charge on any atom is -0.490 e. The van der Waals surface area contributed by atoms with Crippen LogP contribution in [0.15, 0.2) is 30.9 Å². The van der Waals surface area contributed by atoms with Gasteiger partial charge in [0.15, 0.2) is 47.2 Å². The monoisotopic (exact) mass is 675 g/mol. The second-order valence-electron chi connectivity index (χ2n) is 12.8. The van der Waals surface area contributed by atoms with E-state index in [2.05, 4.69) is 25.6 Å². The Bertz CT molecular complexity index is 1660. The molecule has 9 atom stereocenters. The highest BCUT2D eigenvalue weighted by Crippen LogP contribution is 2.44. The van der Waals surface area contributed by atoms with Gasteiger partial charge in [-0.15, -0.1) is 0 Å². The number of nitrogens with two attached hydrogens (primary N) is 1. The summed E-state index contributed by atoms with van der Waals surface area (Å²) >= 11 is 6.39. The molecule has 1 aromatic carbocycles. The number of amides is 1. The Morgan fingerprint density at radius 2 is 1.81 bits per heavy atom. The van der Waals surface area contributed by atoms with Crippen LogP contribution in [-0.2, 0) is 39.8 Å². The van der Waals surface area contributed by atoms with Crippen molar-refractivity contribution in [1.29, 1.82) is 0 Å². The molecule has 4 saturated heterocycles. The quantitative estimate of drug-likeness (QED) is 0.266. The normalized spacial score (nSPS) is 33.8. The van der Waals surface area contributed by atoms with E-state index in [1.807, 2.05) is 27.7 Å². The second-order valence-corrected chi connectivity index (χ2v) is 13.2. The maximum absolute atomic E-state index is 12.2. The maximum atomic E-state index is 12.2. The lowest BCUT2D eigenvalue weighted by molar-refractivity contribution is -0.238. The molecule has 0 radical (unpaired) electrons. The summed E-state index contributed by atoms with van der Waals surface area (Å²) < 4.78 is 44.5.